The summed E-state index contributed by atoms with van der Waals surface area (Å²) in [4.78, 5) is 0. The lowest BCUT2D eigenvalue weighted by Gasteiger charge is -2.18. The highest BCUT2D eigenvalue weighted by atomic mass is 19.4. The van der Waals surface area contributed by atoms with E-state index in [4.69, 9.17) is 0 Å². The van der Waals surface area contributed by atoms with Crippen molar-refractivity contribution >= 4 is 0 Å². The van der Waals surface area contributed by atoms with Gasteiger partial charge in [0.2, 0.25) is 0 Å². The first-order valence-corrected chi connectivity index (χ1v) is 6.80. The third-order valence-corrected chi connectivity index (χ3v) is 3.52. The van der Waals surface area contributed by atoms with Crippen LogP contribution in [0.1, 0.15) is 28.3 Å². The molecule has 2 aromatic carbocycles. The number of likely N-dealkylation sites (N-methyl/N-ethyl adjacent to an activating group) is 1. The molecule has 112 valence electrons. The highest BCUT2D eigenvalue weighted by Gasteiger charge is 2.30. The third-order valence-electron chi connectivity index (χ3n) is 3.52. The van der Waals surface area contributed by atoms with Gasteiger partial charge in [-0.1, -0.05) is 48.0 Å². The fourth-order valence-corrected chi connectivity index (χ4v) is 2.30. The van der Waals surface area contributed by atoms with Crippen molar-refractivity contribution in [2.75, 3.05) is 7.05 Å². The zero-order valence-electron chi connectivity index (χ0n) is 12.0. The lowest BCUT2D eigenvalue weighted by Crippen LogP contribution is -2.19. The minimum Gasteiger partial charge on any atom is -0.313 e. The largest absolute Gasteiger partial charge is 0.416 e. The number of nitrogens with one attached hydrogen (secondary N) is 1. The summed E-state index contributed by atoms with van der Waals surface area (Å²) in [5.41, 5.74) is 2.30. The summed E-state index contributed by atoms with van der Waals surface area (Å²) < 4.78 is 38.2. The molecule has 0 aliphatic carbocycles. The van der Waals surface area contributed by atoms with Gasteiger partial charge in [-0.15, -0.1) is 0 Å². The summed E-state index contributed by atoms with van der Waals surface area (Å²) in [5, 5.41) is 3.16. The Labute approximate surface area is 122 Å². The number of rotatable bonds is 4. The van der Waals surface area contributed by atoms with Crippen LogP contribution in [0, 0.1) is 6.92 Å². The van der Waals surface area contributed by atoms with Crippen molar-refractivity contribution in [1.82, 2.24) is 5.32 Å². The predicted molar refractivity (Wildman–Crippen MR) is 78.1 cm³/mol. The van der Waals surface area contributed by atoms with Gasteiger partial charge in [0.05, 0.1) is 5.56 Å². The van der Waals surface area contributed by atoms with E-state index in [0.29, 0.717) is 12.0 Å². The third kappa shape index (κ3) is 4.08. The minimum atomic E-state index is -4.30. The zero-order chi connectivity index (χ0) is 15.5. The van der Waals surface area contributed by atoms with E-state index in [9.17, 15) is 13.2 Å². The molecule has 21 heavy (non-hydrogen) atoms. The lowest BCUT2D eigenvalue weighted by atomic mass is 9.97. The van der Waals surface area contributed by atoms with Crippen molar-refractivity contribution in [3.05, 3.63) is 70.8 Å². The van der Waals surface area contributed by atoms with Crippen molar-refractivity contribution in [3.63, 3.8) is 0 Å². The molecule has 2 rings (SSSR count). The summed E-state index contributed by atoms with van der Waals surface area (Å²) in [5.74, 6) is 0. The number of alkyl halides is 3. The Hall–Kier alpha value is -1.81. The van der Waals surface area contributed by atoms with Crippen LogP contribution in [0.4, 0.5) is 13.2 Å². The molecule has 4 heteroatoms. The summed E-state index contributed by atoms with van der Waals surface area (Å²) in [6.45, 7) is 2.00. The van der Waals surface area contributed by atoms with E-state index >= 15 is 0 Å². The number of hydrogen-bond donors (Lipinski definition) is 1. The van der Waals surface area contributed by atoms with Gasteiger partial charge in [-0.2, -0.15) is 13.2 Å². The average molecular weight is 293 g/mol. The van der Waals surface area contributed by atoms with E-state index in [2.05, 4.69) is 5.32 Å². The minimum absolute atomic E-state index is 0.00548. The van der Waals surface area contributed by atoms with Crippen molar-refractivity contribution in [2.45, 2.75) is 25.6 Å². The smallest absolute Gasteiger partial charge is 0.313 e. The molecule has 0 heterocycles. The van der Waals surface area contributed by atoms with Crippen molar-refractivity contribution in [2.24, 2.45) is 0 Å². The first kappa shape index (κ1) is 15.6. The van der Waals surface area contributed by atoms with Crippen molar-refractivity contribution in [1.29, 1.82) is 0 Å². The molecule has 0 radical (unpaired) electrons. The molecule has 2 aromatic rings. The van der Waals surface area contributed by atoms with Gasteiger partial charge in [-0.25, -0.2) is 0 Å². The van der Waals surface area contributed by atoms with E-state index in [1.807, 2.05) is 38.2 Å². The second-order valence-electron chi connectivity index (χ2n) is 5.15. The van der Waals surface area contributed by atoms with E-state index < -0.39 is 11.7 Å². The molecule has 0 amide bonds. The molecule has 1 unspecified atom stereocenters. The van der Waals surface area contributed by atoms with Crippen LogP contribution in [0.5, 0.6) is 0 Å². The predicted octanol–water partition coefficient (Wildman–Crippen LogP) is 4.52. The van der Waals surface area contributed by atoms with Crippen molar-refractivity contribution in [3.8, 4) is 0 Å². The quantitative estimate of drug-likeness (QED) is 0.874. The molecule has 0 spiro atoms. The Morgan fingerprint density at radius 2 is 1.71 bits per heavy atom. The lowest BCUT2D eigenvalue weighted by molar-refractivity contribution is -0.137. The van der Waals surface area contributed by atoms with Crippen LogP contribution in [0.25, 0.3) is 0 Å². The number of aryl methyl sites for hydroxylation is 1. The highest BCUT2D eigenvalue weighted by molar-refractivity contribution is 5.29. The van der Waals surface area contributed by atoms with Gasteiger partial charge < -0.3 is 5.32 Å². The maximum atomic E-state index is 12.7. The molecule has 0 aliphatic heterocycles. The van der Waals surface area contributed by atoms with Crippen LogP contribution in [0.3, 0.4) is 0 Å². The van der Waals surface area contributed by atoms with E-state index in [-0.39, 0.29) is 6.04 Å². The summed E-state index contributed by atoms with van der Waals surface area (Å²) >= 11 is 0. The van der Waals surface area contributed by atoms with Crippen LogP contribution < -0.4 is 5.32 Å². The van der Waals surface area contributed by atoms with E-state index in [1.165, 1.54) is 12.1 Å². The highest BCUT2D eigenvalue weighted by Crippen LogP contribution is 2.30. The zero-order valence-corrected chi connectivity index (χ0v) is 12.0. The van der Waals surface area contributed by atoms with Crippen LogP contribution in [-0.4, -0.2) is 7.05 Å². The molecule has 0 saturated heterocycles. The monoisotopic (exact) mass is 293 g/mol. The Kier molecular flexibility index (Phi) is 4.68. The number of benzene rings is 2. The maximum Gasteiger partial charge on any atom is 0.416 e. The van der Waals surface area contributed by atoms with Gasteiger partial charge >= 0.3 is 6.18 Å². The average Bonchev–Trinajstić information content (AvgIpc) is 2.45. The van der Waals surface area contributed by atoms with Crippen LogP contribution in [0.2, 0.25) is 0 Å². The molecule has 1 atom stereocenters. The Morgan fingerprint density at radius 3 is 2.29 bits per heavy atom. The maximum absolute atomic E-state index is 12.7. The van der Waals surface area contributed by atoms with Crippen molar-refractivity contribution < 1.29 is 13.2 Å². The summed E-state index contributed by atoms with van der Waals surface area (Å²) in [7, 11) is 1.82. The first-order chi connectivity index (χ1) is 9.90. The summed E-state index contributed by atoms with van der Waals surface area (Å²) in [6.07, 6.45) is -3.78. The Bertz CT molecular complexity index is 588. The van der Waals surface area contributed by atoms with Gasteiger partial charge in [0.15, 0.2) is 0 Å². The molecular formula is C17H18F3N. The standard InChI is InChI=1S/C17H18F3N/c1-12-6-8-14(9-7-12)16(21-2)11-13-4-3-5-15(10-13)17(18,19)20/h3-10,16,21H,11H2,1-2H3. The van der Waals surface area contributed by atoms with Gasteiger partial charge in [0, 0.05) is 6.04 Å². The van der Waals surface area contributed by atoms with Crippen LogP contribution >= 0.6 is 0 Å². The fourth-order valence-electron chi connectivity index (χ4n) is 2.30. The van der Waals surface area contributed by atoms with E-state index in [1.54, 1.807) is 6.07 Å². The molecule has 0 aromatic heterocycles. The summed E-state index contributed by atoms with van der Waals surface area (Å²) in [6, 6.07) is 13.5. The van der Waals surface area contributed by atoms with Crippen LogP contribution in [0.15, 0.2) is 48.5 Å². The molecule has 0 fully saturated rings. The Morgan fingerprint density at radius 1 is 1.05 bits per heavy atom. The van der Waals surface area contributed by atoms with Gasteiger partial charge in [0.25, 0.3) is 0 Å². The van der Waals surface area contributed by atoms with E-state index in [0.717, 1.165) is 17.2 Å². The molecule has 0 bridgehead atoms. The molecule has 1 N–H and O–H groups in total. The second-order valence-corrected chi connectivity index (χ2v) is 5.15. The first-order valence-electron chi connectivity index (χ1n) is 6.80. The number of halogens is 3. The normalized spacial score (nSPS) is 13.2. The van der Waals surface area contributed by atoms with Crippen LogP contribution in [-0.2, 0) is 12.6 Å². The molecule has 1 nitrogen and oxygen atoms in total. The van der Waals surface area contributed by atoms with Gasteiger partial charge in [0.1, 0.15) is 0 Å². The van der Waals surface area contributed by atoms with Gasteiger partial charge in [-0.05, 0) is 37.6 Å². The molecule has 0 aliphatic rings. The van der Waals surface area contributed by atoms with Gasteiger partial charge in [-0.3, -0.25) is 0 Å². The second kappa shape index (κ2) is 6.31. The topological polar surface area (TPSA) is 12.0 Å². The Balaban J connectivity index is 2.21. The molecular weight excluding hydrogens is 275 g/mol. The fraction of sp³-hybridized carbons (Fsp3) is 0.294. The number of hydrogen-bond acceptors (Lipinski definition) is 1. The molecule has 0 saturated carbocycles. The SMILES string of the molecule is CNC(Cc1cccc(C(F)(F)F)c1)c1ccc(C)cc1.